The smallest absolute Gasteiger partial charge is 0.258 e. The Labute approximate surface area is 201 Å². The fourth-order valence-electron chi connectivity index (χ4n) is 3.83. The summed E-state index contributed by atoms with van der Waals surface area (Å²) in [5, 5.41) is 6.81. The highest BCUT2D eigenvalue weighted by Gasteiger charge is 2.17. The van der Waals surface area contributed by atoms with E-state index in [1.165, 1.54) is 25.6 Å². The van der Waals surface area contributed by atoms with Gasteiger partial charge < -0.3 is 21.1 Å². The Morgan fingerprint density at radius 1 is 1.06 bits per heavy atom. The molecule has 0 radical (unpaired) electrons. The molecule has 8 nitrogen and oxygen atoms in total. The third-order valence-corrected chi connectivity index (χ3v) is 5.62. The number of fused-ring (bicyclic) bond motifs is 1. The van der Waals surface area contributed by atoms with E-state index in [0.29, 0.717) is 40.1 Å². The summed E-state index contributed by atoms with van der Waals surface area (Å²) in [7, 11) is 1.43. The van der Waals surface area contributed by atoms with Crippen molar-refractivity contribution >= 4 is 34.2 Å². The molecule has 3 aromatic carbocycles. The third kappa shape index (κ3) is 5.03. The minimum atomic E-state index is -0.669. The van der Waals surface area contributed by atoms with Gasteiger partial charge in [-0.1, -0.05) is 25.1 Å². The van der Waals surface area contributed by atoms with Crippen molar-refractivity contribution in [3.63, 3.8) is 0 Å². The summed E-state index contributed by atoms with van der Waals surface area (Å²) >= 11 is 0. The van der Waals surface area contributed by atoms with Crippen LogP contribution in [-0.4, -0.2) is 28.9 Å². The number of nitrogens with one attached hydrogen (secondary N) is 2. The molecule has 0 fully saturated rings. The predicted octanol–water partition coefficient (Wildman–Crippen LogP) is 4.69. The van der Waals surface area contributed by atoms with Gasteiger partial charge in [-0.2, -0.15) is 0 Å². The van der Waals surface area contributed by atoms with Gasteiger partial charge in [-0.05, 0) is 48.4 Å². The summed E-state index contributed by atoms with van der Waals surface area (Å²) in [4.78, 5) is 33.0. The number of anilines is 2. The summed E-state index contributed by atoms with van der Waals surface area (Å²) < 4.78 is 19.3. The van der Waals surface area contributed by atoms with Gasteiger partial charge in [0.1, 0.15) is 23.7 Å². The molecule has 178 valence electrons. The second kappa shape index (κ2) is 10.2. The number of amides is 2. The van der Waals surface area contributed by atoms with Gasteiger partial charge in [-0.3, -0.25) is 9.59 Å². The molecule has 2 amide bonds. The number of carbonyl (C=O) groups is 2. The SMILES string of the molecule is CCC(Nc1ncnc2c(C(N)=O)cccc12)c1cccc(NC(=O)c2ccc(OC)cc2F)c1. The summed E-state index contributed by atoms with van der Waals surface area (Å²) in [5.74, 6) is -0.914. The molecule has 9 heteroatoms. The Morgan fingerprint density at radius 2 is 1.86 bits per heavy atom. The molecule has 1 aromatic heterocycles. The zero-order valence-corrected chi connectivity index (χ0v) is 19.2. The van der Waals surface area contributed by atoms with E-state index in [9.17, 15) is 14.0 Å². The van der Waals surface area contributed by atoms with E-state index in [-0.39, 0.29) is 11.6 Å². The standard InChI is InChI=1S/C26H24FN5O3/c1-3-22(32-25-20-9-5-8-19(24(28)33)23(20)29-14-30-25)15-6-4-7-16(12-15)31-26(34)18-11-10-17(35-2)13-21(18)27/h4-14,22H,3H2,1-2H3,(H2,28,33)(H,31,34)(H,29,30,32). The van der Waals surface area contributed by atoms with Gasteiger partial charge in [0.15, 0.2) is 0 Å². The molecule has 35 heavy (non-hydrogen) atoms. The van der Waals surface area contributed by atoms with Crippen LogP contribution in [0.3, 0.4) is 0 Å². The Balaban J connectivity index is 1.58. The number of ether oxygens (including phenoxy) is 1. The van der Waals surface area contributed by atoms with Crippen LogP contribution in [-0.2, 0) is 0 Å². The molecular weight excluding hydrogens is 449 g/mol. The number of hydrogen-bond acceptors (Lipinski definition) is 6. The van der Waals surface area contributed by atoms with Gasteiger partial charge in [-0.15, -0.1) is 0 Å². The summed E-state index contributed by atoms with van der Waals surface area (Å²) in [6, 6.07) is 16.3. The maximum absolute atomic E-state index is 14.3. The quantitative estimate of drug-likeness (QED) is 0.342. The van der Waals surface area contributed by atoms with Crippen LogP contribution >= 0.6 is 0 Å². The van der Waals surface area contributed by atoms with E-state index in [0.717, 1.165) is 11.6 Å². The summed E-state index contributed by atoms with van der Waals surface area (Å²) in [6.07, 6.45) is 2.08. The highest BCUT2D eigenvalue weighted by Crippen LogP contribution is 2.29. The van der Waals surface area contributed by atoms with Crippen LogP contribution in [0.15, 0.2) is 67.0 Å². The minimum Gasteiger partial charge on any atom is -0.497 e. The minimum absolute atomic E-state index is 0.0842. The van der Waals surface area contributed by atoms with Crippen molar-refractivity contribution in [3.8, 4) is 5.75 Å². The molecule has 0 aliphatic heterocycles. The highest BCUT2D eigenvalue weighted by molar-refractivity contribution is 6.07. The maximum atomic E-state index is 14.3. The molecule has 0 saturated carbocycles. The van der Waals surface area contributed by atoms with Gasteiger partial charge in [0.25, 0.3) is 11.8 Å². The molecule has 1 atom stereocenters. The fourth-order valence-corrected chi connectivity index (χ4v) is 3.83. The molecule has 4 aromatic rings. The summed E-state index contributed by atoms with van der Waals surface area (Å²) in [5.41, 5.74) is 7.59. The van der Waals surface area contributed by atoms with Crippen LogP contribution in [0.25, 0.3) is 10.9 Å². The Bertz CT molecular complexity index is 1410. The fraction of sp³-hybridized carbons (Fsp3) is 0.154. The third-order valence-electron chi connectivity index (χ3n) is 5.62. The van der Waals surface area contributed by atoms with E-state index in [1.807, 2.05) is 31.2 Å². The molecule has 0 spiro atoms. The van der Waals surface area contributed by atoms with Gasteiger partial charge in [0.2, 0.25) is 0 Å². The number of aromatic nitrogens is 2. The molecule has 4 rings (SSSR count). The zero-order valence-electron chi connectivity index (χ0n) is 19.2. The van der Waals surface area contributed by atoms with Crippen LogP contribution in [0.4, 0.5) is 15.9 Å². The first-order valence-corrected chi connectivity index (χ1v) is 11.0. The Hall–Kier alpha value is -4.53. The first kappa shape index (κ1) is 23.6. The Kier molecular flexibility index (Phi) is 6.86. The lowest BCUT2D eigenvalue weighted by atomic mass is 10.0. The number of benzene rings is 3. The van der Waals surface area contributed by atoms with Crippen molar-refractivity contribution in [3.05, 3.63) is 89.5 Å². The maximum Gasteiger partial charge on any atom is 0.258 e. The normalized spacial score (nSPS) is 11.6. The van der Waals surface area contributed by atoms with Gasteiger partial charge in [0, 0.05) is 17.1 Å². The number of nitrogens with zero attached hydrogens (tertiary/aromatic N) is 2. The first-order chi connectivity index (χ1) is 16.9. The second-order valence-electron chi connectivity index (χ2n) is 7.82. The number of nitrogens with two attached hydrogens (primary N) is 1. The van der Waals surface area contributed by atoms with Gasteiger partial charge in [0.05, 0.1) is 29.8 Å². The number of para-hydroxylation sites is 1. The summed E-state index contributed by atoms with van der Waals surface area (Å²) in [6.45, 7) is 2.01. The van der Waals surface area contributed by atoms with Gasteiger partial charge >= 0.3 is 0 Å². The molecule has 4 N–H and O–H groups in total. The van der Waals surface area contributed by atoms with E-state index >= 15 is 0 Å². The number of carbonyl (C=O) groups excluding carboxylic acids is 2. The lowest BCUT2D eigenvalue weighted by Gasteiger charge is -2.20. The lowest BCUT2D eigenvalue weighted by molar-refractivity contribution is 0.0998. The van der Waals surface area contributed by atoms with Crippen LogP contribution in [0.5, 0.6) is 5.75 Å². The van der Waals surface area contributed by atoms with Gasteiger partial charge in [-0.25, -0.2) is 14.4 Å². The average molecular weight is 474 g/mol. The number of halogens is 1. The van der Waals surface area contributed by atoms with Crippen LogP contribution in [0.2, 0.25) is 0 Å². The molecule has 0 aliphatic rings. The number of methoxy groups -OCH3 is 1. The second-order valence-corrected chi connectivity index (χ2v) is 7.82. The molecule has 0 saturated heterocycles. The number of primary amides is 1. The number of rotatable bonds is 8. The van der Waals surface area contributed by atoms with Crippen molar-refractivity contribution in [2.24, 2.45) is 5.73 Å². The highest BCUT2D eigenvalue weighted by atomic mass is 19.1. The molecule has 0 bridgehead atoms. The topological polar surface area (TPSA) is 119 Å². The largest absolute Gasteiger partial charge is 0.497 e. The molecule has 1 unspecified atom stereocenters. The van der Waals surface area contributed by atoms with Crippen LogP contribution < -0.4 is 21.1 Å². The van der Waals surface area contributed by atoms with Crippen LogP contribution in [0.1, 0.15) is 45.7 Å². The first-order valence-electron chi connectivity index (χ1n) is 11.0. The van der Waals surface area contributed by atoms with E-state index in [1.54, 1.807) is 18.2 Å². The average Bonchev–Trinajstić information content (AvgIpc) is 2.86. The van der Waals surface area contributed by atoms with Crippen molar-refractivity contribution in [1.82, 2.24) is 9.97 Å². The van der Waals surface area contributed by atoms with Crippen LogP contribution in [0, 0.1) is 5.82 Å². The van der Waals surface area contributed by atoms with Crippen molar-refractivity contribution < 1.29 is 18.7 Å². The predicted molar refractivity (Wildman–Crippen MR) is 132 cm³/mol. The van der Waals surface area contributed by atoms with E-state index in [2.05, 4.69) is 20.6 Å². The van der Waals surface area contributed by atoms with E-state index in [4.69, 9.17) is 10.5 Å². The molecular formula is C26H24FN5O3. The van der Waals surface area contributed by atoms with E-state index < -0.39 is 17.6 Å². The molecule has 1 heterocycles. The lowest BCUT2D eigenvalue weighted by Crippen LogP contribution is -2.16. The van der Waals surface area contributed by atoms with Crippen molar-refractivity contribution in [2.75, 3.05) is 17.7 Å². The zero-order chi connectivity index (χ0) is 24.9. The number of hydrogen-bond donors (Lipinski definition) is 3. The molecule has 0 aliphatic carbocycles. The monoisotopic (exact) mass is 473 g/mol. The van der Waals surface area contributed by atoms with Crippen molar-refractivity contribution in [1.29, 1.82) is 0 Å². The Morgan fingerprint density at radius 3 is 2.57 bits per heavy atom. The van der Waals surface area contributed by atoms with Crippen molar-refractivity contribution in [2.45, 2.75) is 19.4 Å².